The molecule has 110 valence electrons. The minimum atomic E-state index is -0.233. The van der Waals surface area contributed by atoms with Gasteiger partial charge < -0.3 is 4.90 Å². The Morgan fingerprint density at radius 3 is 2.75 bits per heavy atom. The van der Waals surface area contributed by atoms with Gasteiger partial charge in [-0.25, -0.2) is 5.84 Å². The summed E-state index contributed by atoms with van der Waals surface area (Å²) in [6, 6.07) is 8.14. The highest BCUT2D eigenvalue weighted by molar-refractivity contribution is 5.86. The summed E-state index contributed by atoms with van der Waals surface area (Å²) in [6.07, 6.45) is 1.76. The van der Waals surface area contributed by atoms with E-state index in [0.29, 0.717) is 5.92 Å². The van der Waals surface area contributed by atoms with Gasteiger partial charge in [0.2, 0.25) is 0 Å². The van der Waals surface area contributed by atoms with Crippen LogP contribution in [0.2, 0.25) is 0 Å². The van der Waals surface area contributed by atoms with E-state index in [1.54, 1.807) is 0 Å². The molecule has 0 aliphatic carbocycles. The summed E-state index contributed by atoms with van der Waals surface area (Å²) in [7, 11) is 0. The van der Waals surface area contributed by atoms with Crippen molar-refractivity contribution in [3.05, 3.63) is 29.8 Å². The van der Waals surface area contributed by atoms with Crippen molar-refractivity contribution in [2.24, 2.45) is 5.84 Å². The summed E-state index contributed by atoms with van der Waals surface area (Å²) in [4.78, 5) is 14.4. The Kier molecular flexibility index (Phi) is 4.04. The van der Waals surface area contributed by atoms with E-state index in [9.17, 15) is 4.79 Å². The normalized spacial score (nSPS) is 22.1. The monoisotopic (exact) mass is 275 g/mol. The number of para-hydroxylation sites is 1. The maximum absolute atomic E-state index is 12.1. The third-order valence-corrected chi connectivity index (χ3v) is 4.33. The first-order valence-corrected chi connectivity index (χ1v) is 7.31. The summed E-state index contributed by atoms with van der Waals surface area (Å²) >= 11 is 0. The predicted molar refractivity (Wildman–Crippen MR) is 82.4 cm³/mol. The van der Waals surface area contributed by atoms with Crippen LogP contribution in [0, 0.1) is 0 Å². The van der Waals surface area contributed by atoms with Crippen molar-refractivity contribution in [2.75, 3.05) is 4.90 Å². The molecule has 0 fully saturated rings. The molecule has 1 aliphatic heterocycles. The smallest absolute Gasteiger partial charge is 0.256 e. The first-order valence-electron chi connectivity index (χ1n) is 7.31. The molecule has 1 aromatic rings. The van der Waals surface area contributed by atoms with Crippen LogP contribution in [-0.4, -0.2) is 17.5 Å². The van der Waals surface area contributed by atoms with E-state index in [4.69, 9.17) is 5.84 Å². The second-order valence-corrected chi connectivity index (χ2v) is 6.28. The fourth-order valence-corrected chi connectivity index (χ4v) is 3.58. The molecule has 4 heteroatoms. The van der Waals surface area contributed by atoms with Gasteiger partial charge in [0.25, 0.3) is 5.91 Å². The Morgan fingerprint density at radius 2 is 2.15 bits per heavy atom. The molecule has 0 spiro atoms. The molecule has 2 atom stereocenters. The van der Waals surface area contributed by atoms with Crippen LogP contribution in [0.5, 0.6) is 0 Å². The van der Waals surface area contributed by atoms with Crippen molar-refractivity contribution in [1.82, 2.24) is 5.43 Å². The average molecular weight is 275 g/mol. The van der Waals surface area contributed by atoms with Crippen LogP contribution in [0.4, 0.5) is 5.69 Å². The van der Waals surface area contributed by atoms with Gasteiger partial charge in [-0.05, 0) is 44.2 Å². The molecule has 0 unspecified atom stereocenters. The number of anilines is 1. The second-order valence-electron chi connectivity index (χ2n) is 6.28. The molecule has 3 N–H and O–H groups in total. The lowest BCUT2D eigenvalue weighted by molar-refractivity contribution is -0.122. The molecule has 1 heterocycles. The van der Waals surface area contributed by atoms with Crippen LogP contribution < -0.4 is 16.2 Å². The first-order chi connectivity index (χ1) is 9.42. The molecule has 0 radical (unpaired) electrons. The topological polar surface area (TPSA) is 58.4 Å². The minimum Gasteiger partial charge on any atom is -0.354 e. The van der Waals surface area contributed by atoms with E-state index >= 15 is 0 Å². The third-order valence-electron chi connectivity index (χ3n) is 4.33. The number of amides is 1. The van der Waals surface area contributed by atoms with E-state index in [-0.39, 0.29) is 17.5 Å². The molecule has 1 amide bonds. The zero-order chi connectivity index (χ0) is 14.9. The van der Waals surface area contributed by atoms with Crippen LogP contribution in [0.25, 0.3) is 0 Å². The van der Waals surface area contributed by atoms with E-state index in [1.165, 1.54) is 5.56 Å². The van der Waals surface area contributed by atoms with Crippen molar-refractivity contribution in [2.45, 2.75) is 58.0 Å². The van der Waals surface area contributed by atoms with Crippen LogP contribution in [0.1, 0.15) is 52.0 Å². The van der Waals surface area contributed by atoms with Gasteiger partial charge in [0.1, 0.15) is 6.04 Å². The Hall–Kier alpha value is -1.55. The lowest BCUT2D eigenvalue weighted by Gasteiger charge is -2.50. The maximum Gasteiger partial charge on any atom is 0.256 e. The Morgan fingerprint density at radius 1 is 1.50 bits per heavy atom. The molecule has 0 saturated carbocycles. The molecule has 0 saturated heterocycles. The quantitative estimate of drug-likeness (QED) is 0.506. The van der Waals surface area contributed by atoms with E-state index in [0.717, 1.165) is 18.5 Å². The highest BCUT2D eigenvalue weighted by atomic mass is 16.2. The number of hydrogen-bond donors (Lipinski definition) is 2. The Labute approximate surface area is 121 Å². The standard InChI is InChI=1S/C16H25N3O/c1-5-13(15(20)18-17)19-14-9-7-6-8-12(14)11(2)10-16(19,3)4/h6-9,11,13H,5,10,17H2,1-4H3,(H,18,20)/t11-,13+/m0/s1. The molecular weight excluding hydrogens is 250 g/mol. The zero-order valence-corrected chi connectivity index (χ0v) is 12.8. The second kappa shape index (κ2) is 5.44. The van der Waals surface area contributed by atoms with Gasteiger partial charge in [-0.2, -0.15) is 0 Å². The fourth-order valence-electron chi connectivity index (χ4n) is 3.58. The number of hydrazine groups is 1. The van der Waals surface area contributed by atoms with Gasteiger partial charge >= 0.3 is 0 Å². The number of benzene rings is 1. The van der Waals surface area contributed by atoms with Gasteiger partial charge in [-0.15, -0.1) is 0 Å². The van der Waals surface area contributed by atoms with Crippen molar-refractivity contribution in [1.29, 1.82) is 0 Å². The Balaban J connectivity index is 2.53. The summed E-state index contributed by atoms with van der Waals surface area (Å²) in [6.45, 7) is 8.68. The predicted octanol–water partition coefficient (Wildman–Crippen LogP) is 2.55. The van der Waals surface area contributed by atoms with E-state index in [1.807, 2.05) is 13.0 Å². The van der Waals surface area contributed by atoms with Crippen LogP contribution in [-0.2, 0) is 4.79 Å². The van der Waals surface area contributed by atoms with E-state index < -0.39 is 0 Å². The minimum absolute atomic E-state index is 0.0685. The van der Waals surface area contributed by atoms with Gasteiger partial charge in [0.15, 0.2) is 0 Å². The van der Waals surface area contributed by atoms with Gasteiger partial charge in [0, 0.05) is 11.2 Å². The zero-order valence-electron chi connectivity index (χ0n) is 12.8. The number of carbonyl (C=O) groups is 1. The van der Waals surface area contributed by atoms with Gasteiger partial charge in [-0.1, -0.05) is 32.0 Å². The first kappa shape index (κ1) is 14.9. The van der Waals surface area contributed by atoms with Crippen molar-refractivity contribution >= 4 is 11.6 Å². The van der Waals surface area contributed by atoms with Crippen molar-refractivity contribution in [3.63, 3.8) is 0 Å². The van der Waals surface area contributed by atoms with Crippen LogP contribution in [0.15, 0.2) is 24.3 Å². The van der Waals surface area contributed by atoms with Crippen LogP contribution >= 0.6 is 0 Å². The summed E-state index contributed by atoms with van der Waals surface area (Å²) in [5.41, 5.74) is 4.72. The number of nitrogens with zero attached hydrogens (tertiary/aromatic N) is 1. The van der Waals surface area contributed by atoms with Crippen molar-refractivity contribution in [3.8, 4) is 0 Å². The molecule has 0 bridgehead atoms. The SMILES string of the molecule is CC[C@H](C(=O)NN)N1c2ccccc2[C@@H](C)CC1(C)C. The van der Waals surface area contributed by atoms with Crippen molar-refractivity contribution < 1.29 is 4.79 Å². The summed E-state index contributed by atoms with van der Waals surface area (Å²) in [5.74, 6) is 5.74. The highest BCUT2D eigenvalue weighted by Crippen LogP contribution is 2.44. The number of carbonyl (C=O) groups excluding carboxylic acids is 1. The molecule has 2 rings (SSSR count). The van der Waals surface area contributed by atoms with Gasteiger partial charge in [-0.3, -0.25) is 10.2 Å². The lowest BCUT2D eigenvalue weighted by Crippen LogP contribution is -2.59. The van der Waals surface area contributed by atoms with Crippen LogP contribution in [0.3, 0.4) is 0 Å². The number of fused-ring (bicyclic) bond motifs is 1. The highest BCUT2D eigenvalue weighted by Gasteiger charge is 2.41. The maximum atomic E-state index is 12.1. The molecular formula is C16H25N3O. The summed E-state index contributed by atoms with van der Waals surface area (Å²) in [5, 5.41) is 0. The molecule has 1 aliphatic rings. The van der Waals surface area contributed by atoms with Gasteiger partial charge in [0.05, 0.1) is 0 Å². The number of nitrogens with one attached hydrogen (secondary N) is 1. The third kappa shape index (κ3) is 2.40. The lowest BCUT2D eigenvalue weighted by atomic mass is 9.79. The Bertz CT molecular complexity index is 498. The summed E-state index contributed by atoms with van der Waals surface area (Å²) < 4.78 is 0. The van der Waals surface area contributed by atoms with E-state index in [2.05, 4.69) is 49.3 Å². The molecule has 4 nitrogen and oxygen atoms in total. The number of nitrogens with two attached hydrogens (primary N) is 1. The molecule has 0 aromatic heterocycles. The number of hydrogen-bond acceptors (Lipinski definition) is 3. The fraction of sp³-hybridized carbons (Fsp3) is 0.562. The largest absolute Gasteiger partial charge is 0.354 e. The average Bonchev–Trinajstić information content (AvgIpc) is 2.42. The molecule has 1 aromatic carbocycles. The molecule has 20 heavy (non-hydrogen) atoms. The number of rotatable bonds is 3.